The summed E-state index contributed by atoms with van der Waals surface area (Å²) in [5.41, 5.74) is 2.58. The molecule has 5 heterocycles. The van der Waals surface area contributed by atoms with Crippen LogP contribution in [0.25, 0.3) is 22.3 Å². The van der Waals surface area contributed by atoms with Gasteiger partial charge < -0.3 is 14.1 Å². The van der Waals surface area contributed by atoms with E-state index in [-0.39, 0.29) is 17.8 Å². The Morgan fingerprint density at radius 1 is 1.18 bits per heavy atom. The molecule has 1 aliphatic rings. The van der Waals surface area contributed by atoms with E-state index in [1.54, 1.807) is 40.5 Å². The summed E-state index contributed by atoms with van der Waals surface area (Å²) in [7, 11) is 1.40. The molecule has 0 radical (unpaired) electrons. The molecule has 0 spiro atoms. The Morgan fingerprint density at radius 3 is 2.73 bits per heavy atom. The van der Waals surface area contributed by atoms with Gasteiger partial charge in [0.1, 0.15) is 12.3 Å². The maximum Gasteiger partial charge on any atom is 0.308 e. The van der Waals surface area contributed by atoms with E-state index in [0.29, 0.717) is 54.8 Å². The largest absolute Gasteiger partial charge is 0.469 e. The van der Waals surface area contributed by atoms with Gasteiger partial charge in [0.15, 0.2) is 5.65 Å². The minimum absolute atomic E-state index is 0.103. The number of likely N-dealkylation sites (tertiary alicyclic amines) is 1. The monoisotopic (exact) mass is 445 g/mol. The lowest BCUT2D eigenvalue weighted by Crippen LogP contribution is -2.40. The molecule has 0 saturated carbocycles. The van der Waals surface area contributed by atoms with Crippen molar-refractivity contribution < 1.29 is 18.7 Å². The third-order valence-electron chi connectivity index (χ3n) is 6.00. The predicted octanol–water partition coefficient (Wildman–Crippen LogP) is 3.16. The number of amides is 1. The topological polar surface area (TPSA) is 103 Å². The molecule has 168 valence electrons. The highest BCUT2D eigenvalue weighted by Crippen LogP contribution is 2.28. The number of hydrogen-bond donors (Lipinski definition) is 0. The smallest absolute Gasteiger partial charge is 0.308 e. The van der Waals surface area contributed by atoms with E-state index >= 15 is 0 Å². The van der Waals surface area contributed by atoms with E-state index in [4.69, 9.17) is 14.1 Å². The number of hydrogen-bond acceptors (Lipinski definition) is 7. The molecule has 0 unspecified atom stereocenters. The van der Waals surface area contributed by atoms with E-state index in [1.165, 1.54) is 7.11 Å². The number of ether oxygens (including phenoxy) is 1. The molecule has 0 bridgehead atoms. The first kappa shape index (κ1) is 20.9. The zero-order chi connectivity index (χ0) is 22.8. The lowest BCUT2D eigenvalue weighted by atomic mass is 9.96. The van der Waals surface area contributed by atoms with Crippen molar-refractivity contribution in [3.8, 4) is 11.3 Å². The third-order valence-corrected chi connectivity index (χ3v) is 6.00. The maximum atomic E-state index is 13.6. The number of esters is 1. The van der Waals surface area contributed by atoms with Crippen LogP contribution in [-0.4, -0.2) is 56.7 Å². The molecule has 9 heteroatoms. The summed E-state index contributed by atoms with van der Waals surface area (Å²) in [6.45, 7) is 1.38. The van der Waals surface area contributed by atoms with Crippen LogP contribution in [0, 0.1) is 5.92 Å². The Morgan fingerprint density at radius 2 is 2.03 bits per heavy atom. The van der Waals surface area contributed by atoms with Gasteiger partial charge >= 0.3 is 5.97 Å². The number of aromatic nitrogens is 4. The van der Waals surface area contributed by atoms with Crippen molar-refractivity contribution in [2.45, 2.75) is 19.4 Å². The number of carbonyl (C=O) groups is 2. The lowest BCUT2D eigenvalue weighted by Gasteiger charge is -2.31. The number of piperidine rings is 1. The number of pyridine rings is 2. The van der Waals surface area contributed by atoms with Crippen molar-refractivity contribution in [2.75, 3.05) is 20.2 Å². The third kappa shape index (κ3) is 4.09. The second-order valence-electron chi connectivity index (χ2n) is 8.01. The summed E-state index contributed by atoms with van der Waals surface area (Å²) in [6, 6.07) is 9.23. The van der Waals surface area contributed by atoms with Crippen LogP contribution in [0.4, 0.5) is 0 Å². The highest BCUT2D eigenvalue weighted by Gasteiger charge is 2.30. The van der Waals surface area contributed by atoms with Crippen molar-refractivity contribution >= 4 is 22.9 Å². The van der Waals surface area contributed by atoms with Crippen molar-refractivity contribution in [2.24, 2.45) is 5.92 Å². The van der Waals surface area contributed by atoms with Gasteiger partial charge in [-0.3, -0.25) is 14.6 Å². The molecule has 4 aromatic rings. The van der Waals surface area contributed by atoms with Gasteiger partial charge in [-0.05, 0) is 43.2 Å². The Bertz CT molecular complexity index is 1280. The fourth-order valence-corrected chi connectivity index (χ4v) is 4.21. The number of rotatable bonds is 5. The maximum absolute atomic E-state index is 13.6. The van der Waals surface area contributed by atoms with Crippen LogP contribution in [0.2, 0.25) is 0 Å². The number of fused-ring (bicyclic) bond motifs is 1. The van der Waals surface area contributed by atoms with Crippen molar-refractivity contribution in [1.82, 2.24) is 24.6 Å². The molecular formula is C24H23N5O4. The van der Waals surface area contributed by atoms with Gasteiger partial charge in [0.2, 0.25) is 0 Å². The summed E-state index contributed by atoms with van der Waals surface area (Å²) in [5, 5.41) is 5.16. The van der Waals surface area contributed by atoms with Crippen LogP contribution in [0.1, 0.15) is 29.0 Å². The lowest BCUT2D eigenvalue weighted by molar-refractivity contribution is -0.146. The predicted molar refractivity (Wildman–Crippen MR) is 119 cm³/mol. The molecule has 33 heavy (non-hydrogen) atoms. The molecule has 0 atom stereocenters. The van der Waals surface area contributed by atoms with E-state index in [0.717, 1.165) is 11.3 Å². The Labute approximate surface area is 190 Å². The average Bonchev–Trinajstić information content (AvgIpc) is 3.54. The molecule has 9 nitrogen and oxygen atoms in total. The molecule has 4 aromatic heterocycles. The van der Waals surface area contributed by atoms with Crippen LogP contribution in [0.3, 0.4) is 0 Å². The number of nitrogens with zero attached hydrogens (tertiary/aromatic N) is 5. The van der Waals surface area contributed by atoms with E-state index < -0.39 is 0 Å². The highest BCUT2D eigenvalue weighted by molar-refractivity contribution is 6.06. The standard InChI is InChI=1S/C24H23N5O4/c1-32-24(31)16-6-9-28(10-7-16)23(30)19-12-21(17-4-2-8-25-13-17)27-22-20(19)14-26-29(22)15-18-5-3-11-33-18/h2-5,8,11-14,16H,6-7,9-10,15H2,1H3. The van der Waals surface area contributed by atoms with Gasteiger partial charge in [0, 0.05) is 31.0 Å². The van der Waals surface area contributed by atoms with Gasteiger partial charge in [0.05, 0.1) is 42.1 Å². The van der Waals surface area contributed by atoms with Crippen LogP contribution in [-0.2, 0) is 16.1 Å². The van der Waals surface area contributed by atoms with Crippen LogP contribution >= 0.6 is 0 Å². The summed E-state index contributed by atoms with van der Waals surface area (Å²) >= 11 is 0. The van der Waals surface area contributed by atoms with Crippen molar-refractivity contribution in [3.05, 3.63) is 66.5 Å². The molecule has 1 saturated heterocycles. The number of carbonyl (C=O) groups excluding carboxylic acids is 2. The summed E-state index contributed by atoms with van der Waals surface area (Å²) in [5.74, 6) is 0.254. The summed E-state index contributed by atoms with van der Waals surface area (Å²) in [4.78, 5) is 36.2. The fraction of sp³-hybridized carbons (Fsp3) is 0.292. The van der Waals surface area contributed by atoms with E-state index in [2.05, 4.69) is 10.1 Å². The first-order chi connectivity index (χ1) is 16.1. The first-order valence-corrected chi connectivity index (χ1v) is 10.8. The minimum atomic E-state index is -0.216. The number of methoxy groups -OCH3 is 1. The average molecular weight is 445 g/mol. The summed E-state index contributed by atoms with van der Waals surface area (Å²) < 4.78 is 12.1. The number of furan rings is 1. The van der Waals surface area contributed by atoms with Gasteiger partial charge in [-0.25, -0.2) is 9.67 Å². The fourth-order valence-electron chi connectivity index (χ4n) is 4.21. The SMILES string of the molecule is COC(=O)C1CCN(C(=O)c2cc(-c3cccnc3)nc3c2cnn3Cc2ccco2)CC1. The normalized spacial score (nSPS) is 14.5. The van der Waals surface area contributed by atoms with E-state index in [9.17, 15) is 9.59 Å². The molecule has 1 amide bonds. The van der Waals surface area contributed by atoms with Crippen LogP contribution < -0.4 is 0 Å². The molecule has 0 aliphatic carbocycles. The quantitative estimate of drug-likeness (QED) is 0.435. The molecule has 1 fully saturated rings. The Hall–Kier alpha value is -4.01. The Kier molecular flexibility index (Phi) is 5.60. The molecule has 0 aromatic carbocycles. The van der Waals surface area contributed by atoms with Gasteiger partial charge in [0.25, 0.3) is 5.91 Å². The molecule has 5 rings (SSSR count). The molecule has 0 N–H and O–H groups in total. The second kappa shape index (κ2) is 8.85. The van der Waals surface area contributed by atoms with E-state index in [1.807, 2.05) is 24.3 Å². The molecular weight excluding hydrogens is 422 g/mol. The zero-order valence-corrected chi connectivity index (χ0v) is 18.2. The van der Waals surface area contributed by atoms with Gasteiger partial charge in [-0.15, -0.1) is 0 Å². The zero-order valence-electron chi connectivity index (χ0n) is 18.2. The van der Waals surface area contributed by atoms with Gasteiger partial charge in [-0.1, -0.05) is 0 Å². The first-order valence-electron chi connectivity index (χ1n) is 10.8. The minimum Gasteiger partial charge on any atom is -0.469 e. The van der Waals surface area contributed by atoms with Crippen LogP contribution in [0.5, 0.6) is 0 Å². The second-order valence-corrected chi connectivity index (χ2v) is 8.01. The Balaban J connectivity index is 1.52. The summed E-state index contributed by atoms with van der Waals surface area (Å²) in [6.07, 6.45) is 7.87. The molecule has 1 aliphatic heterocycles. The van der Waals surface area contributed by atoms with Crippen molar-refractivity contribution in [3.63, 3.8) is 0 Å². The highest BCUT2D eigenvalue weighted by atomic mass is 16.5. The van der Waals surface area contributed by atoms with Gasteiger partial charge in [-0.2, -0.15) is 5.10 Å². The van der Waals surface area contributed by atoms with Crippen molar-refractivity contribution in [1.29, 1.82) is 0 Å². The van der Waals surface area contributed by atoms with Crippen LogP contribution in [0.15, 0.2) is 59.6 Å².